The maximum atomic E-state index is 11.4. The number of ketones is 1. The summed E-state index contributed by atoms with van der Waals surface area (Å²) in [5.41, 5.74) is 0.850. The van der Waals surface area contributed by atoms with Gasteiger partial charge < -0.3 is 5.11 Å². The van der Waals surface area contributed by atoms with Gasteiger partial charge in [0.15, 0.2) is 5.78 Å². The number of hydrogen-bond donors (Lipinski definition) is 1. The van der Waals surface area contributed by atoms with Gasteiger partial charge in [-0.25, -0.2) is 0 Å². The van der Waals surface area contributed by atoms with Crippen LogP contribution in [0.1, 0.15) is 21.5 Å². The lowest BCUT2D eigenvalue weighted by atomic mass is 9.99. The van der Waals surface area contributed by atoms with E-state index in [4.69, 9.17) is 16.9 Å². The normalized spacial score (nSPS) is 9.50. The van der Waals surface area contributed by atoms with Gasteiger partial charge in [0, 0.05) is 11.1 Å². The number of phenolic OH excluding ortho intramolecular Hbond substituents is 1. The molecule has 0 aliphatic carbocycles. The number of rotatable bonds is 2. The van der Waals surface area contributed by atoms with Crippen LogP contribution in [0.15, 0.2) is 12.1 Å². The highest BCUT2D eigenvalue weighted by atomic mass is 35.5. The van der Waals surface area contributed by atoms with Crippen LogP contribution < -0.4 is 0 Å². The highest BCUT2D eigenvalue weighted by Crippen LogP contribution is 2.23. The number of phenols is 1. The van der Waals surface area contributed by atoms with Crippen molar-refractivity contribution in [3.63, 3.8) is 0 Å². The molecule has 1 aromatic carbocycles. The Morgan fingerprint density at radius 3 is 2.79 bits per heavy atom. The third-order valence-electron chi connectivity index (χ3n) is 1.96. The molecule has 0 unspecified atom stereocenters. The molecular weight excluding hydrogens is 202 g/mol. The first-order valence-corrected chi connectivity index (χ1v) is 4.47. The molecule has 0 aliphatic heterocycles. The molecule has 14 heavy (non-hydrogen) atoms. The molecule has 0 aliphatic rings. The summed E-state index contributed by atoms with van der Waals surface area (Å²) >= 11 is 5.40. The second kappa shape index (κ2) is 4.12. The SMILES string of the molecule is Cc1c(O)ccc(C#N)c1C(=O)CCl. The summed E-state index contributed by atoms with van der Waals surface area (Å²) in [6.45, 7) is 1.58. The molecule has 1 rings (SSSR count). The lowest BCUT2D eigenvalue weighted by molar-refractivity contribution is 0.102. The van der Waals surface area contributed by atoms with E-state index in [1.807, 2.05) is 6.07 Å². The molecule has 0 aromatic heterocycles. The van der Waals surface area contributed by atoms with Gasteiger partial charge >= 0.3 is 0 Å². The fourth-order valence-corrected chi connectivity index (χ4v) is 1.35. The Bertz CT molecular complexity index is 421. The van der Waals surface area contributed by atoms with E-state index in [-0.39, 0.29) is 28.5 Å². The maximum absolute atomic E-state index is 11.4. The van der Waals surface area contributed by atoms with Gasteiger partial charge in [-0.05, 0) is 19.1 Å². The van der Waals surface area contributed by atoms with E-state index >= 15 is 0 Å². The molecule has 0 heterocycles. The van der Waals surface area contributed by atoms with E-state index in [9.17, 15) is 9.90 Å². The van der Waals surface area contributed by atoms with Crippen LogP contribution in [-0.2, 0) is 0 Å². The van der Waals surface area contributed by atoms with Gasteiger partial charge in [-0.3, -0.25) is 4.79 Å². The Hall–Kier alpha value is -1.53. The van der Waals surface area contributed by atoms with Gasteiger partial charge in [-0.1, -0.05) is 0 Å². The lowest BCUT2D eigenvalue weighted by Crippen LogP contribution is -2.06. The van der Waals surface area contributed by atoms with Crippen LogP contribution in [0.25, 0.3) is 0 Å². The van der Waals surface area contributed by atoms with Crippen molar-refractivity contribution in [2.45, 2.75) is 6.92 Å². The Morgan fingerprint density at radius 1 is 1.64 bits per heavy atom. The lowest BCUT2D eigenvalue weighted by Gasteiger charge is -2.06. The van der Waals surface area contributed by atoms with Crippen LogP contribution in [0.2, 0.25) is 0 Å². The van der Waals surface area contributed by atoms with Crippen LogP contribution in [-0.4, -0.2) is 16.8 Å². The van der Waals surface area contributed by atoms with Crippen molar-refractivity contribution >= 4 is 17.4 Å². The number of hydrogen-bond acceptors (Lipinski definition) is 3. The molecule has 72 valence electrons. The summed E-state index contributed by atoms with van der Waals surface area (Å²) in [7, 11) is 0. The molecule has 0 atom stereocenters. The molecule has 0 amide bonds. The van der Waals surface area contributed by atoms with Crippen molar-refractivity contribution in [3.05, 3.63) is 28.8 Å². The molecule has 0 fully saturated rings. The number of halogens is 1. The van der Waals surface area contributed by atoms with Gasteiger partial charge in [0.05, 0.1) is 17.5 Å². The minimum atomic E-state index is -0.350. The molecule has 0 saturated heterocycles. The third-order valence-corrected chi connectivity index (χ3v) is 2.20. The fourth-order valence-electron chi connectivity index (χ4n) is 1.22. The van der Waals surface area contributed by atoms with Crippen LogP contribution in [0, 0.1) is 18.3 Å². The highest BCUT2D eigenvalue weighted by molar-refractivity contribution is 6.31. The van der Waals surface area contributed by atoms with Crippen molar-refractivity contribution in [2.75, 3.05) is 5.88 Å². The van der Waals surface area contributed by atoms with Gasteiger partial charge in [0.1, 0.15) is 5.75 Å². The second-order valence-electron chi connectivity index (χ2n) is 2.80. The highest BCUT2D eigenvalue weighted by Gasteiger charge is 2.15. The summed E-state index contributed by atoms with van der Waals surface area (Å²) in [6.07, 6.45) is 0. The largest absolute Gasteiger partial charge is 0.508 e. The first-order chi connectivity index (χ1) is 6.61. The summed E-state index contributed by atoms with van der Waals surface area (Å²) in [5, 5.41) is 18.1. The predicted molar refractivity (Wildman–Crippen MR) is 52.6 cm³/mol. The van der Waals surface area contributed by atoms with Gasteiger partial charge in [-0.2, -0.15) is 5.26 Å². The number of nitriles is 1. The van der Waals surface area contributed by atoms with E-state index in [2.05, 4.69) is 0 Å². The molecule has 0 saturated carbocycles. The van der Waals surface area contributed by atoms with E-state index in [0.717, 1.165) is 0 Å². The summed E-state index contributed by atoms with van der Waals surface area (Å²) in [4.78, 5) is 11.4. The third kappa shape index (κ3) is 1.70. The average Bonchev–Trinajstić information content (AvgIpc) is 2.20. The van der Waals surface area contributed by atoms with Gasteiger partial charge in [0.2, 0.25) is 0 Å². The topological polar surface area (TPSA) is 61.1 Å². The van der Waals surface area contributed by atoms with E-state index < -0.39 is 0 Å². The van der Waals surface area contributed by atoms with Gasteiger partial charge in [-0.15, -0.1) is 11.6 Å². The first kappa shape index (κ1) is 10.6. The number of benzene rings is 1. The van der Waals surface area contributed by atoms with Crippen molar-refractivity contribution < 1.29 is 9.90 Å². The quantitative estimate of drug-likeness (QED) is 0.599. The van der Waals surface area contributed by atoms with Crippen LogP contribution in [0.4, 0.5) is 0 Å². The molecule has 3 nitrogen and oxygen atoms in total. The molecule has 4 heteroatoms. The minimum Gasteiger partial charge on any atom is -0.508 e. The van der Waals surface area contributed by atoms with Crippen molar-refractivity contribution in [2.24, 2.45) is 0 Å². The Labute approximate surface area is 86.5 Å². The zero-order valence-corrected chi connectivity index (χ0v) is 8.30. The Morgan fingerprint density at radius 2 is 2.29 bits per heavy atom. The number of carbonyl (C=O) groups is 1. The molecule has 1 N–H and O–H groups in total. The zero-order chi connectivity index (χ0) is 10.7. The second-order valence-corrected chi connectivity index (χ2v) is 3.07. The first-order valence-electron chi connectivity index (χ1n) is 3.93. The number of Topliss-reactive ketones (excluding diaryl/α,β-unsaturated/α-hetero) is 1. The van der Waals surface area contributed by atoms with E-state index in [1.165, 1.54) is 12.1 Å². The van der Waals surface area contributed by atoms with Crippen LogP contribution in [0.5, 0.6) is 5.75 Å². The molecule has 1 aromatic rings. The standard InChI is InChI=1S/C10H8ClNO2/c1-6-8(13)3-2-7(5-12)10(6)9(14)4-11/h2-3,13H,4H2,1H3. The van der Waals surface area contributed by atoms with Crippen molar-refractivity contribution in [1.29, 1.82) is 5.26 Å². The van der Waals surface area contributed by atoms with Crippen LogP contribution in [0.3, 0.4) is 0 Å². The molecule has 0 bridgehead atoms. The van der Waals surface area contributed by atoms with Crippen molar-refractivity contribution in [1.82, 2.24) is 0 Å². The molecular formula is C10H8ClNO2. The fraction of sp³-hybridized carbons (Fsp3) is 0.200. The van der Waals surface area contributed by atoms with E-state index in [0.29, 0.717) is 5.56 Å². The number of alkyl halides is 1. The molecule has 0 radical (unpaired) electrons. The summed E-state index contributed by atoms with van der Waals surface area (Å²) in [5.74, 6) is -0.548. The van der Waals surface area contributed by atoms with Gasteiger partial charge in [0.25, 0.3) is 0 Å². The maximum Gasteiger partial charge on any atom is 0.179 e. The number of aromatic hydroxyl groups is 1. The van der Waals surface area contributed by atoms with Crippen molar-refractivity contribution in [3.8, 4) is 11.8 Å². The zero-order valence-electron chi connectivity index (χ0n) is 7.54. The number of nitrogens with zero attached hydrogens (tertiary/aromatic N) is 1. The monoisotopic (exact) mass is 209 g/mol. The molecule has 0 spiro atoms. The Balaban J connectivity index is 3.45. The van der Waals surface area contributed by atoms with E-state index in [1.54, 1.807) is 6.92 Å². The number of carbonyl (C=O) groups excluding carboxylic acids is 1. The summed E-state index contributed by atoms with van der Waals surface area (Å²) in [6, 6.07) is 4.68. The van der Waals surface area contributed by atoms with Crippen LogP contribution >= 0.6 is 11.6 Å². The Kier molecular flexibility index (Phi) is 3.10. The predicted octanol–water partition coefficient (Wildman–Crippen LogP) is 1.99. The summed E-state index contributed by atoms with van der Waals surface area (Å²) < 4.78 is 0. The minimum absolute atomic E-state index is 0.00235. The smallest absolute Gasteiger partial charge is 0.179 e. The average molecular weight is 210 g/mol.